The van der Waals surface area contributed by atoms with E-state index in [1.54, 1.807) is 18.5 Å². The minimum Gasteiger partial charge on any atom is -0.394 e. The van der Waals surface area contributed by atoms with Crippen molar-refractivity contribution in [2.45, 2.75) is 50.8 Å². The van der Waals surface area contributed by atoms with Gasteiger partial charge in [-0.25, -0.2) is 14.8 Å². The lowest BCUT2D eigenvalue weighted by molar-refractivity contribution is 0.116. The van der Waals surface area contributed by atoms with Gasteiger partial charge >= 0.3 is 6.09 Å². The molecule has 9 heteroatoms. The predicted octanol–water partition coefficient (Wildman–Crippen LogP) is 3.32. The minimum atomic E-state index is -0.681. The molecule has 1 amide bonds. The van der Waals surface area contributed by atoms with Crippen molar-refractivity contribution >= 4 is 12.0 Å². The van der Waals surface area contributed by atoms with Gasteiger partial charge in [0.25, 0.3) is 0 Å². The number of aliphatic hydroxyl groups is 2. The number of aryl methyl sites for hydroxylation is 1. The maximum absolute atomic E-state index is 12.4. The Labute approximate surface area is 192 Å². The van der Waals surface area contributed by atoms with E-state index in [9.17, 15) is 15.0 Å². The fourth-order valence-electron chi connectivity index (χ4n) is 4.01. The summed E-state index contributed by atoms with van der Waals surface area (Å²) in [6.45, 7) is 1.65. The maximum atomic E-state index is 12.4. The smallest absolute Gasteiger partial charge is 0.394 e. The largest absolute Gasteiger partial charge is 0.414 e. The number of hydrogen-bond acceptors (Lipinski definition) is 7. The SMILES string of the molecule is Cc1cnc(NC2CCCCC2O)nc1-c1c[nH]c(OC(=O)NC(CO)c2ccccc2)c1. The standard InChI is InChI=1S/C24H29N5O4/c1-15-12-26-23(27-18-9-5-6-10-20(18)31)29-22(15)17-11-21(25-13-17)33-24(32)28-19(14-30)16-7-3-2-4-8-16/h2-4,7-8,11-13,18-20,25,30-31H,5-6,9-10,14H2,1H3,(H,28,32)(H,26,27,29). The van der Waals surface area contributed by atoms with E-state index in [4.69, 9.17) is 4.74 Å². The summed E-state index contributed by atoms with van der Waals surface area (Å²) in [7, 11) is 0. The molecule has 0 bridgehead atoms. The van der Waals surface area contributed by atoms with E-state index in [0.29, 0.717) is 11.6 Å². The van der Waals surface area contributed by atoms with Crippen LogP contribution in [0.4, 0.5) is 10.7 Å². The Morgan fingerprint density at radius 2 is 2.06 bits per heavy atom. The normalized spacial score (nSPS) is 19.0. The van der Waals surface area contributed by atoms with Crippen LogP contribution >= 0.6 is 0 Å². The van der Waals surface area contributed by atoms with E-state index in [2.05, 4.69) is 25.6 Å². The van der Waals surface area contributed by atoms with Crippen LogP contribution in [0.15, 0.2) is 48.8 Å². The molecule has 0 spiro atoms. The topological polar surface area (TPSA) is 132 Å². The average molecular weight is 452 g/mol. The Hall–Kier alpha value is -3.43. The van der Waals surface area contributed by atoms with Crippen molar-refractivity contribution in [1.82, 2.24) is 20.3 Å². The number of aromatic amines is 1. The highest BCUT2D eigenvalue weighted by molar-refractivity contribution is 5.72. The van der Waals surface area contributed by atoms with Crippen LogP contribution < -0.4 is 15.4 Å². The van der Waals surface area contributed by atoms with Gasteiger partial charge in [0.1, 0.15) is 0 Å². The third-order valence-corrected chi connectivity index (χ3v) is 5.82. The number of aromatic nitrogens is 3. The van der Waals surface area contributed by atoms with Crippen molar-refractivity contribution < 1.29 is 19.7 Å². The lowest BCUT2D eigenvalue weighted by atomic mass is 9.93. The van der Waals surface area contributed by atoms with Gasteiger partial charge in [0.05, 0.1) is 30.5 Å². The Morgan fingerprint density at radius 3 is 2.82 bits per heavy atom. The second-order valence-corrected chi connectivity index (χ2v) is 8.26. The van der Waals surface area contributed by atoms with Gasteiger partial charge in [0.2, 0.25) is 11.8 Å². The van der Waals surface area contributed by atoms with Crippen LogP contribution in [0.3, 0.4) is 0 Å². The van der Waals surface area contributed by atoms with E-state index >= 15 is 0 Å². The van der Waals surface area contributed by atoms with Crippen molar-refractivity contribution in [3.63, 3.8) is 0 Å². The second-order valence-electron chi connectivity index (χ2n) is 8.26. The van der Waals surface area contributed by atoms with Gasteiger partial charge in [0.15, 0.2) is 0 Å². The molecule has 33 heavy (non-hydrogen) atoms. The lowest BCUT2D eigenvalue weighted by Crippen LogP contribution is -2.36. The predicted molar refractivity (Wildman–Crippen MR) is 124 cm³/mol. The zero-order valence-corrected chi connectivity index (χ0v) is 18.5. The van der Waals surface area contributed by atoms with Gasteiger partial charge in [-0.05, 0) is 30.9 Å². The number of nitrogens with zero attached hydrogens (tertiary/aromatic N) is 2. The number of aliphatic hydroxyl groups excluding tert-OH is 2. The number of nitrogens with one attached hydrogen (secondary N) is 3. The van der Waals surface area contributed by atoms with E-state index in [0.717, 1.165) is 42.4 Å². The Kier molecular flexibility index (Phi) is 7.21. The molecule has 0 aliphatic heterocycles. The number of ether oxygens (including phenoxy) is 1. The van der Waals surface area contributed by atoms with Gasteiger partial charge in [-0.3, -0.25) is 0 Å². The van der Waals surface area contributed by atoms with Gasteiger partial charge in [-0.1, -0.05) is 43.2 Å². The lowest BCUT2D eigenvalue weighted by Gasteiger charge is -2.28. The first-order valence-electron chi connectivity index (χ1n) is 11.1. The van der Waals surface area contributed by atoms with Crippen molar-refractivity contribution in [2.75, 3.05) is 11.9 Å². The van der Waals surface area contributed by atoms with Gasteiger partial charge < -0.3 is 30.6 Å². The molecule has 2 aromatic heterocycles. The summed E-state index contributed by atoms with van der Waals surface area (Å²) < 4.78 is 5.37. The highest BCUT2D eigenvalue weighted by atomic mass is 16.6. The van der Waals surface area contributed by atoms with Crippen molar-refractivity contribution in [2.24, 2.45) is 0 Å². The summed E-state index contributed by atoms with van der Waals surface area (Å²) in [5, 5.41) is 25.8. The number of amides is 1. The van der Waals surface area contributed by atoms with Crippen LogP contribution in [0.25, 0.3) is 11.3 Å². The number of H-pyrrole nitrogens is 1. The fraction of sp³-hybridized carbons (Fsp3) is 0.375. The minimum absolute atomic E-state index is 0.0628. The van der Waals surface area contributed by atoms with E-state index in [1.165, 1.54) is 0 Å². The Balaban J connectivity index is 1.42. The van der Waals surface area contributed by atoms with E-state index in [-0.39, 0.29) is 18.5 Å². The molecule has 0 saturated heterocycles. The first-order chi connectivity index (χ1) is 16.0. The Morgan fingerprint density at radius 1 is 1.27 bits per heavy atom. The molecule has 1 saturated carbocycles. The van der Waals surface area contributed by atoms with Crippen molar-refractivity contribution in [3.05, 3.63) is 59.9 Å². The van der Waals surface area contributed by atoms with Gasteiger partial charge in [0, 0.05) is 24.0 Å². The number of carbonyl (C=O) groups excluding carboxylic acids is 1. The number of rotatable bonds is 7. The Bertz CT molecular complexity index is 1070. The summed E-state index contributed by atoms with van der Waals surface area (Å²) in [6.07, 6.45) is 6.10. The van der Waals surface area contributed by atoms with E-state index in [1.807, 2.05) is 37.3 Å². The molecule has 1 aliphatic carbocycles. The molecule has 5 N–H and O–H groups in total. The van der Waals surface area contributed by atoms with E-state index < -0.39 is 18.2 Å². The summed E-state index contributed by atoms with van der Waals surface area (Å²) in [6, 6.07) is 10.2. The van der Waals surface area contributed by atoms with Crippen LogP contribution in [-0.4, -0.2) is 50.0 Å². The summed E-state index contributed by atoms with van der Waals surface area (Å²) in [5.41, 5.74) is 3.08. The average Bonchev–Trinajstić information content (AvgIpc) is 3.28. The van der Waals surface area contributed by atoms with Crippen molar-refractivity contribution in [3.8, 4) is 17.1 Å². The third-order valence-electron chi connectivity index (χ3n) is 5.82. The maximum Gasteiger partial charge on any atom is 0.414 e. The molecule has 3 aromatic rings. The molecule has 4 rings (SSSR count). The molecular weight excluding hydrogens is 422 g/mol. The monoisotopic (exact) mass is 451 g/mol. The first kappa shape index (κ1) is 22.8. The van der Waals surface area contributed by atoms with Crippen LogP contribution in [0, 0.1) is 6.92 Å². The highest BCUT2D eigenvalue weighted by Crippen LogP contribution is 2.27. The number of anilines is 1. The van der Waals surface area contributed by atoms with Crippen LogP contribution in [0.1, 0.15) is 42.9 Å². The molecular formula is C24H29N5O4. The molecule has 3 unspecified atom stereocenters. The molecule has 1 aliphatic rings. The molecule has 1 fully saturated rings. The zero-order chi connectivity index (χ0) is 23.2. The molecule has 1 aromatic carbocycles. The van der Waals surface area contributed by atoms with Gasteiger partial charge in [-0.2, -0.15) is 0 Å². The molecule has 0 radical (unpaired) electrons. The number of carbonyl (C=O) groups is 1. The first-order valence-corrected chi connectivity index (χ1v) is 11.1. The molecule has 2 heterocycles. The fourth-order valence-corrected chi connectivity index (χ4v) is 4.01. The highest BCUT2D eigenvalue weighted by Gasteiger charge is 2.24. The summed E-state index contributed by atoms with van der Waals surface area (Å²) in [5.74, 6) is 0.707. The number of benzene rings is 1. The van der Waals surface area contributed by atoms with Crippen LogP contribution in [0.5, 0.6) is 5.88 Å². The van der Waals surface area contributed by atoms with Crippen LogP contribution in [-0.2, 0) is 0 Å². The van der Waals surface area contributed by atoms with Gasteiger partial charge in [-0.15, -0.1) is 0 Å². The number of hydrogen-bond donors (Lipinski definition) is 5. The summed E-state index contributed by atoms with van der Waals surface area (Å²) >= 11 is 0. The second kappa shape index (κ2) is 10.5. The zero-order valence-electron chi connectivity index (χ0n) is 18.5. The third kappa shape index (κ3) is 5.68. The van der Waals surface area contributed by atoms with Crippen LogP contribution in [0.2, 0.25) is 0 Å². The molecule has 174 valence electrons. The quantitative estimate of drug-likeness (QED) is 0.372. The molecule has 3 atom stereocenters. The van der Waals surface area contributed by atoms with Crippen molar-refractivity contribution in [1.29, 1.82) is 0 Å². The summed E-state index contributed by atoms with van der Waals surface area (Å²) in [4.78, 5) is 24.3. The molecule has 9 nitrogen and oxygen atoms in total.